The van der Waals surface area contributed by atoms with Gasteiger partial charge in [0, 0.05) is 31.5 Å². The van der Waals surface area contributed by atoms with Crippen molar-refractivity contribution in [3.8, 4) is 0 Å². The first-order valence-corrected chi connectivity index (χ1v) is 8.21. The number of piperidine rings is 1. The molecule has 0 spiro atoms. The molecule has 0 amide bonds. The van der Waals surface area contributed by atoms with Crippen molar-refractivity contribution in [1.29, 1.82) is 0 Å². The Kier molecular flexibility index (Phi) is 3.89. The van der Waals surface area contributed by atoms with Crippen LogP contribution in [0.25, 0.3) is 0 Å². The van der Waals surface area contributed by atoms with Crippen molar-refractivity contribution in [3.63, 3.8) is 0 Å². The SMILES string of the molecule is O=S(=O)(NC1CCN(c2ncccn2)CC1)c1ccco1. The van der Waals surface area contributed by atoms with Gasteiger partial charge in [0.1, 0.15) is 0 Å². The first-order valence-electron chi connectivity index (χ1n) is 6.73. The molecule has 1 aliphatic heterocycles. The first-order chi connectivity index (χ1) is 10.1. The standard InChI is InChI=1S/C13H16N4O3S/c18-21(19,12-3-1-10-20-12)16-11-4-8-17(9-5-11)13-14-6-2-7-15-13/h1-3,6-7,10-11,16H,4-5,8-9H2. The molecule has 2 aromatic heterocycles. The third-order valence-corrected chi connectivity index (χ3v) is 4.82. The summed E-state index contributed by atoms with van der Waals surface area (Å²) in [5.41, 5.74) is 0. The fourth-order valence-electron chi connectivity index (χ4n) is 2.35. The molecule has 21 heavy (non-hydrogen) atoms. The second-order valence-corrected chi connectivity index (χ2v) is 6.51. The van der Waals surface area contributed by atoms with E-state index in [4.69, 9.17) is 4.42 Å². The van der Waals surface area contributed by atoms with Crippen LogP contribution < -0.4 is 9.62 Å². The van der Waals surface area contributed by atoms with Crippen molar-refractivity contribution in [1.82, 2.24) is 14.7 Å². The van der Waals surface area contributed by atoms with Crippen LogP contribution in [0.15, 0.2) is 46.4 Å². The number of hydrogen-bond acceptors (Lipinski definition) is 6. The first kappa shape index (κ1) is 14.0. The number of sulfonamides is 1. The molecule has 0 unspecified atom stereocenters. The Morgan fingerprint density at radius 1 is 1.19 bits per heavy atom. The molecule has 0 saturated carbocycles. The molecule has 7 nitrogen and oxygen atoms in total. The minimum Gasteiger partial charge on any atom is -0.452 e. The van der Waals surface area contributed by atoms with Crippen molar-refractivity contribution >= 4 is 16.0 Å². The Labute approximate surface area is 123 Å². The molecule has 0 atom stereocenters. The van der Waals surface area contributed by atoms with Crippen LogP contribution in [0.1, 0.15) is 12.8 Å². The van der Waals surface area contributed by atoms with Crippen molar-refractivity contribution in [3.05, 3.63) is 36.9 Å². The van der Waals surface area contributed by atoms with Gasteiger partial charge in [0.15, 0.2) is 0 Å². The van der Waals surface area contributed by atoms with Crippen molar-refractivity contribution in [2.24, 2.45) is 0 Å². The van der Waals surface area contributed by atoms with Crippen LogP contribution in [-0.2, 0) is 10.0 Å². The number of nitrogens with zero attached hydrogens (tertiary/aromatic N) is 3. The zero-order valence-electron chi connectivity index (χ0n) is 11.3. The largest absolute Gasteiger partial charge is 0.452 e. The van der Waals surface area contributed by atoms with E-state index >= 15 is 0 Å². The van der Waals surface area contributed by atoms with Crippen molar-refractivity contribution in [2.45, 2.75) is 24.0 Å². The molecule has 1 fully saturated rings. The van der Waals surface area contributed by atoms with Gasteiger partial charge in [-0.05, 0) is 31.0 Å². The highest BCUT2D eigenvalue weighted by atomic mass is 32.2. The van der Waals surface area contributed by atoms with E-state index in [1.54, 1.807) is 24.5 Å². The summed E-state index contributed by atoms with van der Waals surface area (Å²) in [5.74, 6) is 0.685. The second-order valence-electron chi connectivity index (χ2n) is 4.86. The molecule has 0 radical (unpaired) electrons. The van der Waals surface area contributed by atoms with Crippen molar-refractivity contribution < 1.29 is 12.8 Å². The van der Waals surface area contributed by atoms with E-state index < -0.39 is 10.0 Å². The van der Waals surface area contributed by atoms with Gasteiger partial charge in [0.2, 0.25) is 11.0 Å². The Bertz CT molecular complexity index is 665. The maximum Gasteiger partial charge on any atom is 0.274 e. The minimum absolute atomic E-state index is 0.0451. The quantitative estimate of drug-likeness (QED) is 0.907. The molecule has 0 aromatic carbocycles. The number of rotatable bonds is 4. The Morgan fingerprint density at radius 2 is 1.90 bits per heavy atom. The summed E-state index contributed by atoms with van der Waals surface area (Å²) in [5, 5.41) is -0.0451. The summed E-state index contributed by atoms with van der Waals surface area (Å²) in [6.45, 7) is 1.44. The maximum atomic E-state index is 12.1. The fourth-order valence-corrected chi connectivity index (χ4v) is 3.58. The molecular weight excluding hydrogens is 292 g/mol. The molecule has 1 N–H and O–H groups in total. The van der Waals surface area contributed by atoms with Gasteiger partial charge in [-0.1, -0.05) is 0 Å². The Morgan fingerprint density at radius 3 is 2.52 bits per heavy atom. The van der Waals surface area contributed by atoms with Crippen LogP contribution in [-0.4, -0.2) is 37.5 Å². The summed E-state index contributed by atoms with van der Waals surface area (Å²) in [4.78, 5) is 10.5. The zero-order chi connectivity index (χ0) is 14.7. The molecule has 1 saturated heterocycles. The topological polar surface area (TPSA) is 88.3 Å². The number of anilines is 1. The van der Waals surface area contributed by atoms with Crippen LogP contribution in [0.5, 0.6) is 0 Å². The second kappa shape index (κ2) is 5.82. The van der Waals surface area contributed by atoms with E-state index in [2.05, 4.69) is 19.6 Å². The van der Waals surface area contributed by atoms with E-state index in [9.17, 15) is 8.42 Å². The predicted octanol–water partition coefficient (Wildman–Crippen LogP) is 1.02. The highest BCUT2D eigenvalue weighted by molar-refractivity contribution is 7.89. The maximum absolute atomic E-state index is 12.1. The smallest absolute Gasteiger partial charge is 0.274 e. The molecule has 8 heteroatoms. The van der Waals surface area contributed by atoms with E-state index in [0.29, 0.717) is 18.8 Å². The van der Waals surface area contributed by atoms with Gasteiger partial charge in [-0.25, -0.2) is 23.1 Å². The highest BCUT2D eigenvalue weighted by Crippen LogP contribution is 2.17. The van der Waals surface area contributed by atoms with E-state index in [1.165, 1.54) is 12.3 Å². The lowest BCUT2D eigenvalue weighted by Crippen LogP contribution is -2.45. The number of hydrogen-bond donors (Lipinski definition) is 1. The lowest BCUT2D eigenvalue weighted by atomic mass is 10.1. The minimum atomic E-state index is -3.57. The number of furan rings is 1. The molecule has 1 aliphatic rings. The average molecular weight is 308 g/mol. The van der Waals surface area contributed by atoms with Crippen LogP contribution in [0, 0.1) is 0 Å². The monoisotopic (exact) mass is 308 g/mol. The van der Waals surface area contributed by atoms with Gasteiger partial charge >= 0.3 is 0 Å². The normalized spacial score (nSPS) is 17.0. The molecule has 2 aromatic rings. The third kappa shape index (κ3) is 3.22. The summed E-state index contributed by atoms with van der Waals surface area (Å²) in [6.07, 6.45) is 6.17. The van der Waals surface area contributed by atoms with Gasteiger partial charge in [-0.3, -0.25) is 0 Å². The van der Waals surface area contributed by atoms with Gasteiger partial charge in [-0.15, -0.1) is 0 Å². The third-order valence-electron chi connectivity index (χ3n) is 3.41. The van der Waals surface area contributed by atoms with E-state index in [0.717, 1.165) is 13.1 Å². The number of nitrogens with one attached hydrogen (secondary N) is 1. The summed E-state index contributed by atoms with van der Waals surface area (Å²) in [6, 6.07) is 4.67. The highest BCUT2D eigenvalue weighted by Gasteiger charge is 2.26. The van der Waals surface area contributed by atoms with Crippen LogP contribution in [0.4, 0.5) is 5.95 Å². The molecule has 112 valence electrons. The molecular formula is C13H16N4O3S. The van der Waals surface area contributed by atoms with E-state index in [-0.39, 0.29) is 11.1 Å². The van der Waals surface area contributed by atoms with E-state index in [1.807, 2.05) is 0 Å². The van der Waals surface area contributed by atoms with Gasteiger partial charge in [-0.2, -0.15) is 0 Å². The van der Waals surface area contributed by atoms with Crippen LogP contribution in [0.3, 0.4) is 0 Å². The fraction of sp³-hybridized carbons (Fsp3) is 0.385. The molecule has 0 aliphatic carbocycles. The predicted molar refractivity (Wildman–Crippen MR) is 76.3 cm³/mol. The Hall–Kier alpha value is -1.93. The molecule has 0 bridgehead atoms. The lowest BCUT2D eigenvalue weighted by Gasteiger charge is -2.31. The molecule has 3 heterocycles. The van der Waals surface area contributed by atoms with Gasteiger partial charge in [0.25, 0.3) is 10.0 Å². The summed E-state index contributed by atoms with van der Waals surface area (Å²) < 4.78 is 31.8. The zero-order valence-corrected chi connectivity index (χ0v) is 12.2. The average Bonchev–Trinajstić information content (AvgIpc) is 3.04. The van der Waals surface area contributed by atoms with Crippen LogP contribution >= 0.6 is 0 Å². The molecule has 3 rings (SSSR count). The summed E-state index contributed by atoms with van der Waals surface area (Å²) in [7, 11) is -3.57. The van der Waals surface area contributed by atoms with Crippen molar-refractivity contribution in [2.75, 3.05) is 18.0 Å². The van der Waals surface area contributed by atoms with Gasteiger partial charge < -0.3 is 9.32 Å². The van der Waals surface area contributed by atoms with Crippen LogP contribution in [0.2, 0.25) is 0 Å². The number of aromatic nitrogens is 2. The van der Waals surface area contributed by atoms with Gasteiger partial charge in [0.05, 0.1) is 6.26 Å². The lowest BCUT2D eigenvalue weighted by molar-refractivity contribution is 0.423. The Balaban J connectivity index is 1.59. The summed E-state index contributed by atoms with van der Waals surface area (Å²) >= 11 is 0.